The minimum atomic E-state index is 0.111. The van der Waals surface area contributed by atoms with Gasteiger partial charge in [-0.1, -0.05) is 65.2 Å². The topological polar surface area (TPSA) is 46.2 Å². The molecule has 0 aromatic heterocycles. The van der Waals surface area contributed by atoms with E-state index in [1.807, 2.05) is 6.92 Å². The van der Waals surface area contributed by atoms with Gasteiger partial charge in [-0.05, 0) is 99.3 Å². The molecule has 0 aliphatic heterocycles. The highest BCUT2D eigenvalue weighted by atomic mass is 16.1. The highest BCUT2D eigenvalue weighted by Crippen LogP contribution is 2.15. The molecule has 3 heteroatoms. The van der Waals surface area contributed by atoms with E-state index in [4.69, 9.17) is 0 Å². The molecule has 0 aliphatic carbocycles. The van der Waals surface area contributed by atoms with Gasteiger partial charge in [0.2, 0.25) is 5.91 Å². The van der Waals surface area contributed by atoms with Crippen molar-refractivity contribution in [2.24, 2.45) is 0 Å². The number of allylic oxidation sites excluding steroid dienone is 9. The molecular weight excluding hydrogens is 418 g/mol. The van der Waals surface area contributed by atoms with Crippen LogP contribution in [0.5, 0.6) is 0 Å². The third kappa shape index (κ3) is 20.4. The molecule has 0 rings (SSSR count). The summed E-state index contributed by atoms with van der Waals surface area (Å²) in [6.07, 6.45) is 22.4. The Kier molecular flexibility index (Phi) is 18.9. The van der Waals surface area contributed by atoms with E-state index >= 15 is 0 Å². The van der Waals surface area contributed by atoms with Crippen molar-refractivity contribution in [1.82, 2.24) is 5.32 Å². The maximum Gasteiger partial charge on any atom is 0.219 e. The SMILES string of the molecule is CCC(=O)NC/C(C)=C/CC/C(C)=C/CC/C(C)=C/CC/C(C)=C/CC/C(C)=C/CCC(C)=O. The van der Waals surface area contributed by atoms with Crippen LogP contribution in [0, 0.1) is 0 Å². The predicted molar refractivity (Wildman–Crippen MR) is 149 cm³/mol. The fourth-order valence-corrected chi connectivity index (χ4v) is 3.55. The van der Waals surface area contributed by atoms with Crippen molar-refractivity contribution >= 4 is 11.7 Å². The Bertz CT molecular complexity index is 762. The van der Waals surface area contributed by atoms with E-state index in [0.717, 1.165) is 57.8 Å². The molecule has 192 valence electrons. The highest BCUT2D eigenvalue weighted by Gasteiger charge is 1.97. The Labute approximate surface area is 210 Å². The van der Waals surface area contributed by atoms with E-state index < -0.39 is 0 Å². The number of carbonyl (C=O) groups is 2. The van der Waals surface area contributed by atoms with Crippen molar-refractivity contribution in [3.05, 3.63) is 58.2 Å². The molecule has 0 heterocycles. The molecule has 1 amide bonds. The van der Waals surface area contributed by atoms with E-state index in [2.05, 4.69) is 70.3 Å². The first-order valence-electron chi connectivity index (χ1n) is 13.2. The molecule has 0 radical (unpaired) electrons. The van der Waals surface area contributed by atoms with Crippen LogP contribution in [-0.2, 0) is 9.59 Å². The van der Waals surface area contributed by atoms with Crippen molar-refractivity contribution in [2.45, 2.75) is 119 Å². The average Bonchev–Trinajstić information content (AvgIpc) is 2.77. The van der Waals surface area contributed by atoms with Crippen LogP contribution >= 0.6 is 0 Å². The molecule has 0 aliphatic rings. The van der Waals surface area contributed by atoms with Gasteiger partial charge in [0.15, 0.2) is 0 Å². The zero-order valence-corrected chi connectivity index (χ0v) is 23.2. The van der Waals surface area contributed by atoms with Crippen LogP contribution in [0.25, 0.3) is 0 Å². The van der Waals surface area contributed by atoms with Crippen molar-refractivity contribution in [3.63, 3.8) is 0 Å². The molecule has 3 nitrogen and oxygen atoms in total. The van der Waals surface area contributed by atoms with Gasteiger partial charge in [0, 0.05) is 19.4 Å². The van der Waals surface area contributed by atoms with Crippen LogP contribution in [0.3, 0.4) is 0 Å². The van der Waals surface area contributed by atoms with Gasteiger partial charge in [-0.25, -0.2) is 0 Å². The standard InChI is InChI=1S/C31H51NO2/c1-8-31(34)32-24-29(6)22-12-20-27(4)18-10-16-25(2)14-9-15-26(3)17-11-19-28(5)21-13-23-30(7)33/h14,17-18,21-22H,8-13,15-16,19-20,23-24H2,1-7H3,(H,32,34)/b25-14+,26-17+,27-18+,28-21+,29-22+. The molecule has 1 N–H and O–H groups in total. The molecule has 0 saturated carbocycles. The molecule has 0 aromatic carbocycles. The van der Waals surface area contributed by atoms with Gasteiger partial charge in [0.25, 0.3) is 0 Å². The molecule has 0 atom stereocenters. The number of hydrogen-bond donors (Lipinski definition) is 1. The molecule has 0 fully saturated rings. The first-order valence-corrected chi connectivity index (χ1v) is 13.2. The van der Waals surface area contributed by atoms with Crippen molar-refractivity contribution in [1.29, 1.82) is 0 Å². The van der Waals surface area contributed by atoms with E-state index in [9.17, 15) is 9.59 Å². The lowest BCUT2D eigenvalue weighted by Crippen LogP contribution is -2.23. The number of hydrogen-bond acceptors (Lipinski definition) is 2. The molecular formula is C31H51NO2. The third-order valence-electron chi connectivity index (χ3n) is 6.00. The van der Waals surface area contributed by atoms with Gasteiger partial charge in [0.05, 0.1) is 0 Å². The molecule has 0 spiro atoms. The Morgan fingerprint density at radius 2 is 0.853 bits per heavy atom. The van der Waals surface area contributed by atoms with Crippen LogP contribution < -0.4 is 5.32 Å². The number of rotatable bonds is 18. The van der Waals surface area contributed by atoms with Gasteiger partial charge >= 0.3 is 0 Å². The van der Waals surface area contributed by atoms with E-state index in [1.165, 1.54) is 27.9 Å². The maximum absolute atomic E-state index is 11.3. The van der Waals surface area contributed by atoms with Gasteiger partial charge < -0.3 is 10.1 Å². The summed E-state index contributed by atoms with van der Waals surface area (Å²) in [7, 11) is 0. The molecule has 0 aromatic rings. The molecule has 0 saturated heterocycles. The molecule has 0 unspecified atom stereocenters. The largest absolute Gasteiger partial charge is 0.352 e. The normalized spacial score (nSPS) is 13.9. The monoisotopic (exact) mass is 469 g/mol. The van der Waals surface area contributed by atoms with Gasteiger partial charge in [-0.15, -0.1) is 0 Å². The Hall–Kier alpha value is -2.16. The average molecular weight is 470 g/mol. The Balaban J connectivity index is 4.12. The molecule has 0 bridgehead atoms. The molecule has 34 heavy (non-hydrogen) atoms. The van der Waals surface area contributed by atoms with E-state index in [1.54, 1.807) is 6.92 Å². The summed E-state index contributed by atoms with van der Waals surface area (Å²) < 4.78 is 0. The number of ketones is 1. The van der Waals surface area contributed by atoms with Crippen molar-refractivity contribution < 1.29 is 9.59 Å². The van der Waals surface area contributed by atoms with Crippen LogP contribution in [0.15, 0.2) is 58.2 Å². The zero-order valence-electron chi connectivity index (χ0n) is 23.2. The summed E-state index contributed by atoms with van der Waals surface area (Å²) in [6, 6.07) is 0. The van der Waals surface area contributed by atoms with Gasteiger partial charge in [0.1, 0.15) is 5.78 Å². The van der Waals surface area contributed by atoms with Crippen LogP contribution in [0.4, 0.5) is 0 Å². The predicted octanol–water partition coefficient (Wildman–Crippen LogP) is 8.73. The second kappa shape index (κ2) is 20.2. The van der Waals surface area contributed by atoms with Crippen LogP contribution in [-0.4, -0.2) is 18.2 Å². The van der Waals surface area contributed by atoms with Crippen LogP contribution in [0.1, 0.15) is 119 Å². The smallest absolute Gasteiger partial charge is 0.219 e. The summed E-state index contributed by atoms with van der Waals surface area (Å²) in [4.78, 5) is 22.3. The summed E-state index contributed by atoms with van der Waals surface area (Å²) in [5.41, 5.74) is 7.00. The minimum absolute atomic E-state index is 0.111. The van der Waals surface area contributed by atoms with Crippen LogP contribution in [0.2, 0.25) is 0 Å². The zero-order chi connectivity index (χ0) is 25.8. The number of amides is 1. The van der Waals surface area contributed by atoms with E-state index in [0.29, 0.717) is 19.4 Å². The quantitative estimate of drug-likeness (QED) is 0.204. The number of Topliss-reactive ketones (excluding diaryl/α,β-unsaturated/α-hetero) is 1. The lowest BCUT2D eigenvalue weighted by molar-refractivity contribution is -0.120. The van der Waals surface area contributed by atoms with Crippen molar-refractivity contribution in [3.8, 4) is 0 Å². The summed E-state index contributed by atoms with van der Waals surface area (Å²) >= 11 is 0. The van der Waals surface area contributed by atoms with Gasteiger partial charge in [-0.3, -0.25) is 4.79 Å². The number of nitrogens with one attached hydrogen (secondary N) is 1. The van der Waals surface area contributed by atoms with Crippen molar-refractivity contribution in [2.75, 3.05) is 6.54 Å². The number of carbonyl (C=O) groups excluding carboxylic acids is 2. The fourth-order valence-electron chi connectivity index (χ4n) is 3.55. The maximum atomic E-state index is 11.3. The first kappa shape index (κ1) is 31.8. The first-order chi connectivity index (χ1) is 16.1. The summed E-state index contributed by atoms with van der Waals surface area (Å²) in [5.74, 6) is 0.378. The third-order valence-corrected chi connectivity index (χ3v) is 6.00. The highest BCUT2D eigenvalue weighted by molar-refractivity contribution is 5.75. The second-order valence-corrected chi connectivity index (χ2v) is 9.78. The van der Waals surface area contributed by atoms with Gasteiger partial charge in [-0.2, -0.15) is 0 Å². The fraction of sp³-hybridized carbons (Fsp3) is 0.613. The minimum Gasteiger partial charge on any atom is -0.352 e. The lowest BCUT2D eigenvalue weighted by atomic mass is 10.0. The summed E-state index contributed by atoms with van der Waals surface area (Å²) in [5, 5.41) is 2.92. The Morgan fingerprint density at radius 3 is 1.18 bits per heavy atom. The Morgan fingerprint density at radius 1 is 0.529 bits per heavy atom. The summed E-state index contributed by atoms with van der Waals surface area (Å²) in [6.45, 7) is 15.1. The van der Waals surface area contributed by atoms with E-state index in [-0.39, 0.29) is 11.7 Å². The lowest BCUT2D eigenvalue weighted by Gasteiger charge is -2.05. The second-order valence-electron chi connectivity index (χ2n) is 9.78.